The molecular weight excluding hydrogens is 366 g/mol. The molecule has 2 aliphatic heterocycles. The van der Waals surface area contributed by atoms with Crippen LogP contribution < -0.4 is 4.90 Å². The Balaban J connectivity index is 1.66. The highest BCUT2D eigenvalue weighted by molar-refractivity contribution is 8.16. The van der Waals surface area contributed by atoms with Crippen LogP contribution in [0.2, 0.25) is 0 Å². The second-order valence-corrected chi connectivity index (χ2v) is 7.65. The number of aliphatic imine (C=N–C) groups is 1. The second-order valence-electron chi connectivity index (χ2n) is 6.40. The van der Waals surface area contributed by atoms with Crippen LogP contribution in [0.1, 0.15) is 17.2 Å². The third-order valence-corrected chi connectivity index (χ3v) is 5.77. The van der Waals surface area contributed by atoms with Gasteiger partial charge in [0.05, 0.1) is 5.70 Å². The number of Topliss-reactive ketones (excluding diaryl/α,β-unsaturated/α-hetero) is 1. The number of hydrogen-bond donors (Lipinski definition) is 0. The van der Waals surface area contributed by atoms with Crippen LogP contribution in [0, 0.1) is 0 Å². The minimum absolute atomic E-state index is 0.0997. The summed E-state index contributed by atoms with van der Waals surface area (Å²) in [6.07, 6.45) is 0. The molecule has 132 valence electrons. The van der Waals surface area contributed by atoms with Gasteiger partial charge >= 0.3 is 0 Å². The fourth-order valence-electron chi connectivity index (χ4n) is 3.08. The Kier molecular flexibility index (Phi) is 4.51. The van der Waals surface area contributed by atoms with Crippen molar-refractivity contribution in [3.05, 3.63) is 71.1 Å². The number of rotatable bonds is 3. The summed E-state index contributed by atoms with van der Waals surface area (Å²) in [7, 11) is 3.97. The summed E-state index contributed by atoms with van der Waals surface area (Å²) in [5, 5.41) is 2.78. The molecule has 0 bridgehead atoms. The number of alkyl halides is 1. The lowest BCUT2D eigenvalue weighted by molar-refractivity contribution is -0.121. The van der Waals surface area contributed by atoms with E-state index in [1.807, 2.05) is 83.9 Å². The average molecular weight is 384 g/mol. The Morgan fingerprint density at radius 3 is 2.42 bits per heavy atom. The highest BCUT2D eigenvalue weighted by atomic mass is 35.5. The van der Waals surface area contributed by atoms with Crippen molar-refractivity contribution in [2.24, 2.45) is 4.99 Å². The smallest absolute Gasteiger partial charge is 0.199 e. The van der Waals surface area contributed by atoms with Crippen molar-refractivity contribution in [1.29, 1.82) is 0 Å². The van der Waals surface area contributed by atoms with E-state index in [-0.39, 0.29) is 5.78 Å². The van der Waals surface area contributed by atoms with Crippen molar-refractivity contribution in [3.63, 3.8) is 0 Å². The number of anilines is 1. The lowest BCUT2D eigenvalue weighted by Gasteiger charge is -2.33. The molecule has 26 heavy (non-hydrogen) atoms. The molecule has 0 aromatic heterocycles. The van der Waals surface area contributed by atoms with Crippen molar-refractivity contribution in [2.45, 2.75) is 11.5 Å². The zero-order valence-corrected chi connectivity index (χ0v) is 16.0. The number of benzene rings is 2. The number of halogens is 1. The van der Waals surface area contributed by atoms with Crippen molar-refractivity contribution >= 4 is 45.7 Å². The van der Waals surface area contributed by atoms with E-state index in [0.717, 1.165) is 27.7 Å². The molecule has 2 unspecified atom stereocenters. The van der Waals surface area contributed by atoms with Crippen molar-refractivity contribution in [2.75, 3.05) is 19.0 Å². The predicted octanol–water partition coefficient (Wildman–Crippen LogP) is 4.34. The standard InChI is InChI=1S/C20H18ClN3OS/c1-23(2)15-10-8-14(9-11-15)17-18(25)19(21)24-16(12-26-20(24)22-17)13-6-4-3-5-7-13/h3-12,17,19H,1-2H3. The van der Waals surface area contributed by atoms with Gasteiger partial charge < -0.3 is 4.90 Å². The van der Waals surface area contributed by atoms with Crippen molar-refractivity contribution < 1.29 is 4.79 Å². The summed E-state index contributed by atoms with van der Waals surface area (Å²) in [5.74, 6) is -0.0997. The molecule has 2 heterocycles. The maximum absolute atomic E-state index is 12.9. The molecule has 4 rings (SSSR count). The number of carbonyl (C=O) groups is 1. The van der Waals surface area contributed by atoms with Crippen molar-refractivity contribution in [3.8, 4) is 0 Å². The van der Waals surface area contributed by atoms with Gasteiger partial charge in [0.15, 0.2) is 16.5 Å². The summed E-state index contributed by atoms with van der Waals surface area (Å²) in [5.41, 5.74) is 3.13. The summed E-state index contributed by atoms with van der Waals surface area (Å²) >= 11 is 8.08. The summed E-state index contributed by atoms with van der Waals surface area (Å²) in [4.78, 5) is 21.5. The molecule has 0 N–H and O–H groups in total. The molecule has 0 spiro atoms. The Bertz CT molecular complexity index is 893. The van der Waals surface area contributed by atoms with Crippen LogP contribution >= 0.6 is 23.4 Å². The highest BCUT2D eigenvalue weighted by Crippen LogP contribution is 2.42. The van der Waals surface area contributed by atoms with Crippen LogP contribution in [-0.4, -0.2) is 35.4 Å². The molecule has 6 heteroatoms. The number of amidine groups is 1. The van der Waals surface area contributed by atoms with E-state index in [4.69, 9.17) is 16.6 Å². The van der Waals surface area contributed by atoms with Crippen LogP contribution in [0.15, 0.2) is 65.0 Å². The molecule has 4 nitrogen and oxygen atoms in total. The van der Waals surface area contributed by atoms with Crippen molar-refractivity contribution in [1.82, 2.24) is 4.90 Å². The van der Waals surface area contributed by atoms with Gasteiger partial charge in [-0.2, -0.15) is 0 Å². The van der Waals surface area contributed by atoms with Gasteiger partial charge in [0.25, 0.3) is 0 Å². The summed E-state index contributed by atoms with van der Waals surface area (Å²) in [6, 6.07) is 17.3. The molecule has 0 fully saturated rings. The highest BCUT2D eigenvalue weighted by Gasteiger charge is 2.42. The normalized spacial score (nSPS) is 22.0. The van der Waals surface area contributed by atoms with Gasteiger partial charge in [-0.25, -0.2) is 4.99 Å². The number of nitrogens with zero attached hydrogens (tertiary/aromatic N) is 3. The van der Waals surface area contributed by atoms with Crippen LogP contribution in [0.4, 0.5) is 5.69 Å². The fraction of sp³-hybridized carbons (Fsp3) is 0.200. The number of thioether (sulfide) groups is 1. The lowest BCUT2D eigenvalue weighted by Crippen LogP contribution is -2.43. The molecule has 2 aromatic rings. The second kappa shape index (κ2) is 6.82. The molecule has 2 aliphatic rings. The SMILES string of the molecule is CN(C)c1ccc(C2N=C3SC=C(c4ccccc4)N3C(Cl)C2=O)cc1. The molecule has 0 saturated carbocycles. The summed E-state index contributed by atoms with van der Waals surface area (Å²) < 4.78 is 0. The number of fused-ring (bicyclic) bond motifs is 1. The summed E-state index contributed by atoms with van der Waals surface area (Å²) in [6.45, 7) is 0. The van der Waals surface area contributed by atoms with Gasteiger partial charge in [0.2, 0.25) is 0 Å². The van der Waals surface area contributed by atoms with Gasteiger partial charge in [-0.3, -0.25) is 9.69 Å². The maximum Gasteiger partial charge on any atom is 0.199 e. The number of carbonyl (C=O) groups excluding carboxylic acids is 1. The third-order valence-electron chi connectivity index (χ3n) is 4.51. The molecule has 0 aliphatic carbocycles. The molecule has 0 radical (unpaired) electrons. The first-order valence-electron chi connectivity index (χ1n) is 8.30. The minimum atomic E-state index is -0.762. The zero-order valence-electron chi connectivity index (χ0n) is 14.5. The lowest BCUT2D eigenvalue weighted by atomic mass is 10.0. The average Bonchev–Trinajstić information content (AvgIpc) is 3.09. The van der Waals surface area contributed by atoms with Gasteiger partial charge in [0.1, 0.15) is 6.04 Å². The van der Waals surface area contributed by atoms with Gasteiger partial charge in [-0.05, 0) is 23.3 Å². The van der Waals surface area contributed by atoms with Crippen LogP contribution in [0.25, 0.3) is 5.70 Å². The maximum atomic E-state index is 12.9. The molecule has 0 amide bonds. The van der Waals surface area contributed by atoms with Crippen LogP contribution in [0.3, 0.4) is 0 Å². The van der Waals surface area contributed by atoms with Gasteiger partial charge in [-0.1, -0.05) is 65.8 Å². The molecular formula is C20H18ClN3OS. The van der Waals surface area contributed by atoms with E-state index >= 15 is 0 Å². The first-order valence-corrected chi connectivity index (χ1v) is 9.62. The minimum Gasteiger partial charge on any atom is -0.378 e. The molecule has 0 saturated heterocycles. The van der Waals surface area contributed by atoms with E-state index < -0.39 is 11.5 Å². The van der Waals surface area contributed by atoms with Crippen LogP contribution in [-0.2, 0) is 4.79 Å². The van der Waals surface area contributed by atoms with Gasteiger partial charge in [-0.15, -0.1) is 0 Å². The van der Waals surface area contributed by atoms with E-state index in [0.29, 0.717) is 0 Å². The van der Waals surface area contributed by atoms with E-state index in [2.05, 4.69) is 0 Å². The number of ketones is 1. The first kappa shape index (κ1) is 17.2. The largest absolute Gasteiger partial charge is 0.378 e. The first-order chi connectivity index (χ1) is 12.6. The monoisotopic (exact) mass is 383 g/mol. The van der Waals surface area contributed by atoms with Gasteiger partial charge in [0, 0.05) is 25.2 Å². The topological polar surface area (TPSA) is 35.9 Å². The zero-order chi connectivity index (χ0) is 18.3. The van der Waals surface area contributed by atoms with E-state index in [1.54, 1.807) is 0 Å². The Labute approximate surface area is 162 Å². The Hall–Kier alpha value is -2.24. The quantitative estimate of drug-likeness (QED) is 0.583. The Morgan fingerprint density at radius 1 is 1.08 bits per heavy atom. The predicted molar refractivity (Wildman–Crippen MR) is 109 cm³/mol. The number of hydrogen-bond acceptors (Lipinski definition) is 5. The van der Waals surface area contributed by atoms with Crippen LogP contribution in [0.5, 0.6) is 0 Å². The molecule has 2 aromatic carbocycles. The van der Waals surface area contributed by atoms with E-state index in [1.165, 1.54) is 11.8 Å². The van der Waals surface area contributed by atoms with E-state index in [9.17, 15) is 4.79 Å². The third kappa shape index (κ3) is 2.91. The molecule has 2 atom stereocenters. The Morgan fingerprint density at radius 2 is 1.77 bits per heavy atom. The fourth-order valence-corrected chi connectivity index (χ4v) is 4.40.